The van der Waals surface area contributed by atoms with E-state index in [0.717, 1.165) is 5.56 Å². The minimum atomic E-state index is -0.801. The average molecular weight is 532 g/mol. The topological polar surface area (TPSA) is 161 Å². The van der Waals surface area contributed by atoms with Crippen LogP contribution in [0.25, 0.3) is 0 Å². The number of benzene rings is 1. The second kappa shape index (κ2) is 10.9. The van der Waals surface area contributed by atoms with Crippen molar-refractivity contribution in [3.63, 3.8) is 0 Å². The number of amides is 1. The Bertz CT molecular complexity index is 1580. The van der Waals surface area contributed by atoms with Gasteiger partial charge >= 0.3 is 0 Å². The molecule has 2 unspecified atom stereocenters. The van der Waals surface area contributed by atoms with Gasteiger partial charge in [0.1, 0.15) is 17.8 Å². The molecule has 3 aromatic heterocycles. The van der Waals surface area contributed by atoms with E-state index in [1.807, 2.05) is 39.1 Å². The van der Waals surface area contributed by atoms with Gasteiger partial charge in [0, 0.05) is 32.2 Å². The molecule has 202 valence electrons. The van der Waals surface area contributed by atoms with E-state index in [-0.39, 0.29) is 11.5 Å². The summed E-state index contributed by atoms with van der Waals surface area (Å²) in [6.07, 6.45) is 6.06. The molecule has 0 radical (unpaired) electrons. The first-order valence-corrected chi connectivity index (χ1v) is 12.1. The lowest BCUT2D eigenvalue weighted by Gasteiger charge is -2.26. The summed E-state index contributed by atoms with van der Waals surface area (Å²) in [6.45, 7) is 6.22. The molecule has 4 aromatic rings. The van der Waals surface area contributed by atoms with Crippen molar-refractivity contribution < 1.29 is 19.2 Å². The van der Waals surface area contributed by atoms with Gasteiger partial charge in [-0.25, -0.2) is 4.98 Å². The Morgan fingerprint density at radius 2 is 2.05 bits per heavy atom. The first-order valence-electron chi connectivity index (χ1n) is 12.1. The first-order chi connectivity index (χ1) is 18.6. The van der Waals surface area contributed by atoms with Crippen molar-refractivity contribution >= 4 is 11.6 Å². The minimum absolute atomic E-state index is 0.232. The highest BCUT2D eigenvalue weighted by molar-refractivity contribution is 6.04. The van der Waals surface area contributed by atoms with E-state index in [9.17, 15) is 20.0 Å². The number of carbonyl (C=O) groups is 1. The summed E-state index contributed by atoms with van der Waals surface area (Å²) in [5, 5.41) is 30.9. The molecular formula is C27H29N7O5. The molecule has 1 aromatic carbocycles. The highest BCUT2D eigenvalue weighted by Crippen LogP contribution is 2.39. The Kier molecular flexibility index (Phi) is 7.64. The number of hydrogen-bond acceptors (Lipinski definition) is 9. The number of carbonyl (C=O) groups excluding carboxylic acids is 1. The van der Waals surface area contributed by atoms with E-state index in [2.05, 4.69) is 26.6 Å². The molecular weight excluding hydrogens is 502 g/mol. The van der Waals surface area contributed by atoms with E-state index >= 15 is 0 Å². The minimum Gasteiger partial charge on any atom is -0.501 e. The van der Waals surface area contributed by atoms with Crippen LogP contribution in [-0.2, 0) is 18.3 Å². The molecule has 12 nitrogen and oxygen atoms in total. The lowest BCUT2D eigenvalue weighted by atomic mass is 9.80. The molecule has 0 aliphatic carbocycles. The quantitative estimate of drug-likeness (QED) is 0.330. The fourth-order valence-corrected chi connectivity index (χ4v) is 4.47. The molecule has 2 atom stereocenters. The zero-order valence-electron chi connectivity index (χ0n) is 22.2. The van der Waals surface area contributed by atoms with Gasteiger partial charge in [-0.3, -0.25) is 18.8 Å². The van der Waals surface area contributed by atoms with Crippen LogP contribution >= 0.6 is 0 Å². The number of nitriles is 1. The number of anilines is 1. The third-order valence-corrected chi connectivity index (χ3v) is 6.64. The second-order valence-corrected chi connectivity index (χ2v) is 9.80. The van der Waals surface area contributed by atoms with Crippen LogP contribution in [0.15, 0.2) is 58.4 Å². The van der Waals surface area contributed by atoms with Crippen molar-refractivity contribution in [3.05, 3.63) is 87.7 Å². The number of nitrogens with one attached hydrogen (secondary N) is 1. The second-order valence-electron chi connectivity index (χ2n) is 9.80. The fraction of sp³-hybridized carbons (Fsp3) is 0.333. The Morgan fingerprint density at radius 1 is 1.31 bits per heavy atom. The Labute approximate surface area is 224 Å². The smallest absolute Gasteiger partial charge is 0.296 e. The van der Waals surface area contributed by atoms with Crippen molar-refractivity contribution in [2.45, 2.75) is 44.8 Å². The summed E-state index contributed by atoms with van der Waals surface area (Å²) in [5.41, 5.74) is 0.477. The van der Waals surface area contributed by atoms with Crippen LogP contribution in [0.2, 0.25) is 0 Å². The fourth-order valence-electron chi connectivity index (χ4n) is 4.47. The maximum absolute atomic E-state index is 13.0. The third kappa shape index (κ3) is 5.58. The van der Waals surface area contributed by atoms with Crippen molar-refractivity contribution in [3.8, 4) is 11.8 Å². The van der Waals surface area contributed by atoms with Crippen LogP contribution in [-0.4, -0.2) is 48.2 Å². The lowest BCUT2D eigenvalue weighted by Crippen LogP contribution is -2.30. The molecule has 1 amide bonds. The van der Waals surface area contributed by atoms with Gasteiger partial charge in [0.05, 0.1) is 36.2 Å². The van der Waals surface area contributed by atoms with Crippen molar-refractivity contribution in [1.29, 1.82) is 5.26 Å². The number of methoxy groups -OCH3 is 1. The number of aromatic hydroxyl groups is 1. The van der Waals surface area contributed by atoms with E-state index in [1.165, 1.54) is 24.1 Å². The summed E-state index contributed by atoms with van der Waals surface area (Å²) >= 11 is 0. The summed E-state index contributed by atoms with van der Waals surface area (Å²) < 4.78 is 13.2. The maximum Gasteiger partial charge on any atom is 0.296 e. The third-order valence-electron chi connectivity index (χ3n) is 6.64. The number of aromatic nitrogens is 5. The van der Waals surface area contributed by atoms with Gasteiger partial charge in [0.25, 0.3) is 11.5 Å². The van der Waals surface area contributed by atoms with E-state index in [1.54, 1.807) is 30.1 Å². The van der Waals surface area contributed by atoms with Gasteiger partial charge in [0.2, 0.25) is 5.75 Å². The summed E-state index contributed by atoms with van der Waals surface area (Å²) in [5.74, 6) is -2.36. The number of nitrogens with zero attached hydrogens (tertiary/aromatic N) is 6. The van der Waals surface area contributed by atoms with Crippen LogP contribution in [0.5, 0.6) is 5.75 Å². The van der Waals surface area contributed by atoms with Crippen LogP contribution < -0.4 is 10.9 Å². The van der Waals surface area contributed by atoms with E-state index in [4.69, 9.17) is 9.26 Å². The van der Waals surface area contributed by atoms with Gasteiger partial charge in [0.15, 0.2) is 5.69 Å². The summed E-state index contributed by atoms with van der Waals surface area (Å²) in [7, 11) is 3.10. The van der Waals surface area contributed by atoms with Crippen LogP contribution in [0, 0.1) is 11.3 Å². The summed E-state index contributed by atoms with van der Waals surface area (Å²) in [6, 6.07) is 9.40. The normalized spacial score (nSPS) is 13.0. The molecule has 0 aliphatic rings. The molecule has 0 spiro atoms. The SMILES string of the molecule is COC(C)(C)Cn1cc(C(c2ccccc2C#N)C(C)c2nc(C(=O)Nc3cnoc3)c(O)c(=O)n2C)cn1. The molecule has 12 heteroatoms. The molecule has 0 aliphatic heterocycles. The number of hydrogen-bond donors (Lipinski definition) is 2. The molecule has 2 N–H and O–H groups in total. The van der Waals surface area contributed by atoms with Crippen LogP contribution in [0.3, 0.4) is 0 Å². The van der Waals surface area contributed by atoms with Crippen LogP contribution in [0.1, 0.15) is 65.6 Å². The number of ether oxygens (including phenoxy) is 1. The zero-order chi connectivity index (χ0) is 28.3. The van der Waals surface area contributed by atoms with E-state index < -0.39 is 40.3 Å². The Morgan fingerprint density at radius 3 is 2.72 bits per heavy atom. The van der Waals surface area contributed by atoms with E-state index in [0.29, 0.717) is 17.7 Å². The average Bonchev–Trinajstić information content (AvgIpc) is 3.60. The molecule has 0 saturated heterocycles. The Balaban J connectivity index is 1.83. The van der Waals surface area contributed by atoms with Gasteiger partial charge in [-0.15, -0.1) is 0 Å². The Hall–Kier alpha value is -4.76. The zero-order valence-corrected chi connectivity index (χ0v) is 22.2. The molecule has 0 saturated carbocycles. The standard InChI is InChI=1S/C27H29N7O5/c1-16(24-32-22(23(35)26(37)33(24)4)25(36)31-19-12-30-39-14-19)21(20-9-7-6-8-17(20)10-28)18-11-29-34(13-18)15-27(2,3)38-5/h6-9,11-14,16,21,35H,15H2,1-5H3,(H,31,36). The van der Waals surface area contributed by atoms with Crippen molar-refractivity contribution in [2.75, 3.05) is 12.4 Å². The highest BCUT2D eigenvalue weighted by atomic mass is 16.5. The molecule has 39 heavy (non-hydrogen) atoms. The molecule has 4 rings (SSSR count). The molecule has 0 bridgehead atoms. The largest absolute Gasteiger partial charge is 0.501 e. The van der Waals surface area contributed by atoms with Crippen molar-refractivity contribution in [1.82, 2.24) is 24.5 Å². The maximum atomic E-state index is 13.0. The van der Waals surface area contributed by atoms with Gasteiger partial charge in [-0.2, -0.15) is 10.4 Å². The van der Waals surface area contributed by atoms with Gasteiger partial charge in [-0.05, 0) is 31.0 Å². The van der Waals surface area contributed by atoms with Gasteiger partial charge < -0.3 is 19.7 Å². The molecule has 0 fully saturated rings. The lowest BCUT2D eigenvalue weighted by molar-refractivity contribution is 0.00539. The first kappa shape index (κ1) is 27.3. The monoisotopic (exact) mass is 531 g/mol. The predicted octanol–water partition coefficient (Wildman–Crippen LogP) is 3.15. The number of rotatable bonds is 9. The molecule has 3 heterocycles. The van der Waals surface area contributed by atoms with Crippen LogP contribution in [0.4, 0.5) is 5.69 Å². The van der Waals surface area contributed by atoms with Crippen molar-refractivity contribution in [2.24, 2.45) is 7.05 Å². The predicted molar refractivity (Wildman–Crippen MR) is 140 cm³/mol. The highest BCUT2D eigenvalue weighted by Gasteiger charge is 2.32. The summed E-state index contributed by atoms with van der Waals surface area (Å²) in [4.78, 5) is 30.4. The van der Waals surface area contributed by atoms with Gasteiger partial charge in [-0.1, -0.05) is 30.3 Å².